The molecule has 0 amide bonds. The van der Waals surface area contributed by atoms with Gasteiger partial charge in [0.15, 0.2) is 0 Å². The molecular weight excluding hydrogens is 348 g/mol. The quantitative estimate of drug-likeness (QED) is 0.826. The maximum absolute atomic E-state index is 12.8. The highest BCUT2D eigenvalue weighted by molar-refractivity contribution is 7.89. The number of sulfonamides is 1. The molecule has 0 atom stereocenters. The lowest BCUT2D eigenvalue weighted by molar-refractivity contribution is 0.181. The van der Waals surface area contributed by atoms with Crippen LogP contribution >= 0.6 is 11.6 Å². The van der Waals surface area contributed by atoms with E-state index in [2.05, 4.69) is 10.00 Å². The molecule has 1 aliphatic rings. The van der Waals surface area contributed by atoms with E-state index in [4.69, 9.17) is 11.6 Å². The standard InChI is InChI=1S/C16H21ClN4O2S/c1-13-16(11-18-19(13)2)24(22,23)21-9-7-20(8-10-21)12-14-3-5-15(17)6-4-14/h3-6,11H,7-10,12H2,1-2H3. The van der Waals surface area contributed by atoms with Crippen molar-refractivity contribution < 1.29 is 8.42 Å². The number of hydrogen-bond acceptors (Lipinski definition) is 4. The van der Waals surface area contributed by atoms with Crippen LogP contribution in [0.1, 0.15) is 11.3 Å². The van der Waals surface area contributed by atoms with Crippen LogP contribution in [0.3, 0.4) is 0 Å². The number of aromatic nitrogens is 2. The first-order valence-corrected chi connectivity index (χ1v) is 9.65. The van der Waals surface area contributed by atoms with Gasteiger partial charge in [-0.3, -0.25) is 9.58 Å². The number of rotatable bonds is 4. The van der Waals surface area contributed by atoms with Gasteiger partial charge in [0.05, 0.1) is 11.9 Å². The Labute approximate surface area is 147 Å². The molecule has 0 aliphatic carbocycles. The van der Waals surface area contributed by atoms with Crippen molar-refractivity contribution in [2.75, 3.05) is 26.2 Å². The maximum atomic E-state index is 12.8. The molecule has 1 fully saturated rings. The molecule has 0 radical (unpaired) electrons. The van der Waals surface area contributed by atoms with Crippen molar-refractivity contribution in [3.05, 3.63) is 46.7 Å². The number of halogens is 1. The molecule has 3 rings (SSSR count). The molecule has 2 aromatic rings. The van der Waals surface area contributed by atoms with E-state index in [1.165, 1.54) is 11.8 Å². The molecule has 24 heavy (non-hydrogen) atoms. The zero-order valence-electron chi connectivity index (χ0n) is 13.8. The van der Waals surface area contributed by atoms with Crippen LogP contribution in [0.25, 0.3) is 0 Å². The fraction of sp³-hybridized carbons (Fsp3) is 0.438. The summed E-state index contributed by atoms with van der Waals surface area (Å²) in [5.41, 5.74) is 1.84. The molecule has 1 aromatic heterocycles. The number of piperazine rings is 1. The van der Waals surface area contributed by atoms with Gasteiger partial charge in [0, 0.05) is 44.8 Å². The summed E-state index contributed by atoms with van der Waals surface area (Å²) in [5, 5.41) is 4.77. The molecule has 0 unspecified atom stereocenters. The summed E-state index contributed by atoms with van der Waals surface area (Å²) in [7, 11) is -1.72. The Morgan fingerprint density at radius 3 is 2.29 bits per heavy atom. The topological polar surface area (TPSA) is 58.4 Å². The first kappa shape index (κ1) is 17.4. The molecule has 0 N–H and O–H groups in total. The molecule has 0 spiro atoms. The zero-order chi connectivity index (χ0) is 17.3. The predicted octanol–water partition coefficient (Wildman–Crippen LogP) is 1.89. The van der Waals surface area contributed by atoms with Crippen LogP contribution in [-0.2, 0) is 23.6 Å². The summed E-state index contributed by atoms with van der Waals surface area (Å²) >= 11 is 5.90. The van der Waals surface area contributed by atoms with E-state index < -0.39 is 10.0 Å². The summed E-state index contributed by atoms with van der Waals surface area (Å²) in [6.45, 7) is 4.98. The molecule has 2 heterocycles. The van der Waals surface area contributed by atoms with E-state index in [-0.39, 0.29) is 0 Å². The van der Waals surface area contributed by atoms with E-state index in [0.29, 0.717) is 36.8 Å². The molecule has 8 heteroatoms. The summed E-state index contributed by atoms with van der Waals surface area (Å²) in [5.74, 6) is 0. The van der Waals surface area contributed by atoms with Crippen LogP contribution < -0.4 is 0 Å². The average Bonchev–Trinajstić information content (AvgIpc) is 2.90. The molecule has 1 aromatic carbocycles. The van der Waals surface area contributed by atoms with E-state index in [0.717, 1.165) is 11.6 Å². The molecule has 130 valence electrons. The third kappa shape index (κ3) is 3.49. The first-order valence-electron chi connectivity index (χ1n) is 7.83. The lowest BCUT2D eigenvalue weighted by Crippen LogP contribution is -2.48. The predicted molar refractivity (Wildman–Crippen MR) is 93.4 cm³/mol. The molecule has 0 bridgehead atoms. The lowest BCUT2D eigenvalue weighted by atomic mass is 10.2. The van der Waals surface area contributed by atoms with Gasteiger partial charge in [-0.2, -0.15) is 9.40 Å². The SMILES string of the molecule is Cc1c(S(=O)(=O)N2CCN(Cc3ccc(Cl)cc3)CC2)cnn1C. The number of benzene rings is 1. The molecule has 1 aliphatic heterocycles. The monoisotopic (exact) mass is 368 g/mol. The summed E-state index contributed by atoms with van der Waals surface area (Å²) in [6, 6.07) is 7.76. The Bertz CT molecular complexity index is 809. The van der Waals surface area contributed by atoms with Gasteiger partial charge in [-0.05, 0) is 24.6 Å². The van der Waals surface area contributed by atoms with E-state index >= 15 is 0 Å². The van der Waals surface area contributed by atoms with Crippen LogP contribution in [0.5, 0.6) is 0 Å². The average molecular weight is 369 g/mol. The van der Waals surface area contributed by atoms with E-state index in [9.17, 15) is 8.42 Å². The Morgan fingerprint density at radius 2 is 1.75 bits per heavy atom. The van der Waals surface area contributed by atoms with E-state index in [1.54, 1.807) is 23.0 Å². The highest BCUT2D eigenvalue weighted by atomic mass is 35.5. The third-order valence-corrected chi connectivity index (χ3v) is 6.71. The Morgan fingerprint density at radius 1 is 1.12 bits per heavy atom. The maximum Gasteiger partial charge on any atom is 0.246 e. The summed E-state index contributed by atoms with van der Waals surface area (Å²) in [4.78, 5) is 2.56. The fourth-order valence-corrected chi connectivity index (χ4v) is 4.58. The smallest absolute Gasteiger partial charge is 0.246 e. The highest BCUT2D eigenvalue weighted by Gasteiger charge is 2.30. The highest BCUT2D eigenvalue weighted by Crippen LogP contribution is 2.21. The van der Waals surface area contributed by atoms with Gasteiger partial charge in [0.2, 0.25) is 10.0 Å². The second-order valence-electron chi connectivity index (χ2n) is 6.02. The van der Waals surface area contributed by atoms with Gasteiger partial charge >= 0.3 is 0 Å². The second-order valence-corrected chi connectivity index (χ2v) is 8.37. The van der Waals surface area contributed by atoms with Crippen molar-refractivity contribution in [3.63, 3.8) is 0 Å². The third-order valence-electron chi connectivity index (χ3n) is 4.46. The van der Waals surface area contributed by atoms with Gasteiger partial charge in [-0.1, -0.05) is 23.7 Å². The van der Waals surface area contributed by atoms with Crippen LogP contribution in [0.4, 0.5) is 0 Å². The van der Waals surface area contributed by atoms with Crippen LogP contribution in [0.2, 0.25) is 5.02 Å². The first-order chi connectivity index (χ1) is 11.4. The van der Waals surface area contributed by atoms with Gasteiger partial charge in [0.1, 0.15) is 4.90 Å². The number of nitrogens with zero attached hydrogens (tertiary/aromatic N) is 4. The number of aryl methyl sites for hydroxylation is 1. The largest absolute Gasteiger partial charge is 0.296 e. The van der Waals surface area contributed by atoms with Crippen molar-refractivity contribution in [2.45, 2.75) is 18.4 Å². The van der Waals surface area contributed by atoms with E-state index in [1.807, 2.05) is 24.3 Å². The van der Waals surface area contributed by atoms with Crippen molar-refractivity contribution in [1.82, 2.24) is 19.0 Å². The van der Waals surface area contributed by atoms with Crippen molar-refractivity contribution >= 4 is 21.6 Å². The summed E-state index contributed by atoms with van der Waals surface area (Å²) in [6.07, 6.45) is 1.44. The number of hydrogen-bond donors (Lipinski definition) is 0. The minimum atomic E-state index is -3.47. The summed E-state index contributed by atoms with van der Waals surface area (Å²) < 4.78 is 28.7. The molecule has 6 nitrogen and oxygen atoms in total. The molecular formula is C16H21ClN4O2S. The molecule has 1 saturated heterocycles. The van der Waals surface area contributed by atoms with Crippen LogP contribution in [0, 0.1) is 6.92 Å². The lowest BCUT2D eigenvalue weighted by Gasteiger charge is -2.33. The van der Waals surface area contributed by atoms with Gasteiger partial charge in [0.25, 0.3) is 0 Å². The normalized spacial score (nSPS) is 17.3. The van der Waals surface area contributed by atoms with Crippen molar-refractivity contribution in [3.8, 4) is 0 Å². The Balaban J connectivity index is 1.64. The minimum absolute atomic E-state index is 0.302. The Kier molecular flexibility index (Phi) is 4.96. The van der Waals surface area contributed by atoms with Gasteiger partial charge < -0.3 is 0 Å². The second kappa shape index (κ2) is 6.84. The zero-order valence-corrected chi connectivity index (χ0v) is 15.4. The van der Waals surface area contributed by atoms with Crippen LogP contribution in [-0.4, -0.2) is 53.6 Å². The van der Waals surface area contributed by atoms with Crippen LogP contribution in [0.15, 0.2) is 35.4 Å². The van der Waals surface area contributed by atoms with Crippen molar-refractivity contribution in [2.24, 2.45) is 7.05 Å². The van der Waals surface area contributed by atoms with Gasteiger partial charge in [-0.15, -0.1) is 0 Å². The minimum Gasteiger partial charge on any atom is -0.296 e. The van der Waals surface area contributed by atoms with Gasteiger partial charge in [-0.25, -0.2) is 8.42 Å². The molecule has 0 saturated carbocycles. The van der Waals surface area contributed by atoms with Crippen molar-refractivity contribution in [1.29, 1.82) is 0 Å². The Hall–Kier alpha value is -1.41. The fourth-order valence-electron chi connectivity index (χ4n) is 2.85.